The lowest BCUT2D eigenvalue weighted by Crippen LogP contribution is -2.30. The molecule has 0 aliphatic heterocycles. The molecule has 0 bridgehead atoms. The van der Waals surface area contributed by atoms with Crippen molar-refractivity contribution in [2.24, 2.45) is 0 Å². The largest absolute Gasteiger partial charge is 0.462 e. The number of rotatable bonds is 61. The van der Waals surface area contributed by atoms with E-state index in [0.717, 1.165) is 128 Å². The molecule has 0 amide bonds. The van der Waals surface area contributed by atoms with Gasteiger partial charge in [-0.25, -0.2) is 0 Å². The van der Waals surface area contributed by atoms with E-state index < -0.39 is 6.10 Å². The minimum Gasteiger partial charge on any atom is -0.462 e. The van der Waals surface area contributed by atoms with E-state index in [9.17, 15) is 14.4 Å². The van der Waals surface area contributed by atoms with E-state index in [4.69, 9.17) is 14.2 Å². The Hall–Kier alpha value is -4.19. The van der Waals surface area contributed by atoms with Crippen LogP contribution in [0.25, 0.3) is 0 Å². The fraction of sp³-hybridized carbons (Fsp3) is 0.693. The first kappa shape index (κ1) is 76.8. The van der Waals surface area contributed by atoms with Gasteiger partial charge in [-0.2, -0.15) is 0 Å². The van der Waals surface area contributed by atoms with Crippen molar-refractivity contribution >= 4 is 17.9 Å². The monoisotopic (exact) mass is 1120 g/mol. The Morgan fingerprint density at radius 3 is 0.778 bits per heavy atom. The van der Waals surface area contributed by atoms with Gasteiger partial charge in [0.1, 0.15) is 13.2 Å². The van der Waals surface area contributed by atoms with E-state index in [0.29, 0.717) is 19.3 Å². The number of carbonyl (C=O) groups excluding carboxylic acids is 3. The van der Waals surface area contributed by atoms with Gasteiger partial charge in [-0.15, -0.1) is 0 Å². The zero-order valence-corrected chi connectivity index (χ0v) is 53.0. The zero-order chi connectivity index (χ0) is 58.5. The number of ether oxygens (including phenoxy) is 3. The molecular weight excluding hydrogens is 997 g/mol. The third-order valence-electron chi connectivity index (χ3n) is 14.5. The van der Waals surface area contributed by atoms with Crippen LogP contribution >= 0.6 is 0 Å². The maximum Gasteiger partial charge on any atom is 0.306 e. The van der Waals surface area contributed by atoms with Crippen molar-refractivity contribution in [3.05, 3.63) is 122 Å². The van der Waals surface area contributed by atoms with Crippen LogP contribution in [0.4, 0.5) is 0 Å². The van der Waals surface area contributed by atoms with Gasteiger partial charge < -0.3 is 14.2 Å². The van der Waals surface area contributed by atoms with Crippen LogP contribution in [-0.4, -0.2) is 37.2 Å². The minimum atomic E-state index is -0.794. The van der Waals surface area contributed by atoms with E-state index in [1.807, 2.05) is 0 Å². The second-order valence-electron chi connectivity index (χ2n) is 22.4. The van der Waals surface area contributed by atoms with Crippen molar-refractivity contribution < 1.29 is 28.6 Å². The second kappa shape index (κ2) is 68.3. The highest BCUT2D eigenvalue weighted by molar-refractivity contribution is 5.71. The Labute approximate surface area is 501 Å². The summed E-state index contributed by atoms with van der Waals surface area (Å²) in [6.45, 7) is 6.51. The molecule has 0 aromatic rings. The highest BCUT2D eigenvalue weighted by Gasteiger charge is 2.19. The summed E-state index contributed by atoms with van der Waals surface area (Å²) in [7, 11) is 0. The SMILES string of the molecule is CC/C=C\C/C=C\C/C=C\C/C=C\C/C=C\C/C=C\C/C=C\C/C=C\CCCCCCC(=O)OCC(COC(=O)CCCCCCCCCCCCCCCCC)OC(=O)CCCCCCCCCCC/C=C\C/C=C\CCCCC. The van der Waals surface area contributed by atoms with Crippen LogP contribution in [-0.2, 0) is 28.6 Å². The summed E-state index contributed by atoms with van der Waals surface area (Å²) in [6, 6.07) is 0. The quantitative estimate of drug-likeness (QED) is 0.0261. The van der Waals surface area contributed by atoms with Crippen LogP contribution < -0.4 is 0 Å². The van der Waals surface area contributed by atoms with Crippen molar-refractivity contribution in [3.8, 4) is 0 Å². The van der Waals surface area contributed by atoms with Crippen molar-refractivity contribution in [1.29, 1.82) is 0 Å². The number of esters is 3. The van der Waals surface area contributed by atoms with Gasteiger partial charge in [0.15, 0.2) is 6.10 Å². The fourth-order valence-corrected chi connectivity index (χ4v) is 9.37. The summed E-state index contributed by atoms with van der Waals surface area (Å²) in [5.41, 5.74) is 0. The lowest BCUT2D eigenvalue weighted by atomic mass is 10.0. The van der Waals surface area contributed by atoms with Gasteiger partial charge in [-0.05, 0) is 116 Å². The average molecular weight is 1120 g/mol. The first-order valence-corrected chi connectivity index (χ1v) is 34.0. The van der Waals surface area contributed by atoms with Crippen LogP contribution in [0.5, 0.6) is 0 Å². The smallest absolute Gasteiger partial charge is 0.306 e. The molecule has 81 heavy (non-hydrogen) atoms. The molecule has 6 nitrogen and oxygen atoms in total. The van der Waals surface area contributed by atoms with Crippen LogP contribution in [0, 0.1) is 0 Å². The summed E-state index contributed by atoms with van der Waals surface area (Å²) in [5.74, 6) is -0.907. The maximum atomic E-state index is 12.9. The summed E-state index contributed by atoms with van der Waals surface area (Å²) in [4.78, 5) is 38.4. The van der Waals surface area contributed by atoms with Crippen molar-refractivity contribution in [2.75, 3.05) is 13.2 Å². The zero-order valence-electron chi connectivity index (χ0n) is 53.0. The molecule has 6 heteroatoms. The van der Waals surface area contributed by atoms with E-state index in [2.05, 4.69) is 142 Å². The summed E-state index contributed by atoms with van der Waals surface area (Å²) in [5, 5.41) is 0. The molecule has 0 aliphatic carbocycles. The Kier molecular flexibility index (Phi) is 64.8. The third kappa shape index (κ3) is 66.5. The number of carbonyl (C=O) groups is 3. The molecule has 1 unspecified atom stereocenters. The highest BCUT2D eigenvalue weighted by Crippen LogP contribution is 2.16. The molecule has 0 spiro atoms. The predicted octanol–water partition coefficient (Wildman–Crippen LogP) is 23.6. The molecule has 0 saturated heterocycles. The first-order valence-electron chi connectivity index (χ1n) is 34.0. The lowest BCUT2D eigenvalue weighted by molar-refractivity contribution is -0.167. The number of hydrogen-bond acceptors (Lipinski definition) is 6. The van der Waals surface area contributed by atoms with Crippen molar-refractivity contribution in [1.82, 2.24) is 0 Å². The van der Waals surface area contributed by atoms with Gasteiger partial charge in [-0.3, -0.25) is 14.4 Å². The molecule has 462 valence electrons. The normalized spacial score (nSPS) is 12.9. The standard InChI is InChI=1S/C75H126O6/c1-4-7-10-13-16-19-22-25-28-30-32-33-34-35-36-37-38-39-40-41-43-44-47-50-53-56-59-62-65-68-74(77)80-71-72(70-79-73(76)67-64-61-58-55-52-49-46-27-24-21-18-15-12-9-6-3)81-75(78)69-66-63-60-57-54-51-48-45-42-31-29-26-23-20-17-14-11-8-5-2/h7,10,16-17,19-20,25-26,28-29,32-33,35-36,38-39,41,43,47,50,72H,4-6,8-9,11-15,18,21-24,27,30-31,34,37,40,42,44-46,48-49,51-71H2,1-3H3/b10-7-,19-16-,20-17-,28-25-,29-26-,33-32-,36-35-,39-38-,43-41-,50-47-. The maximum absolute atomic E-state index is 12.9. The van der Waals surface area contributed by atoms with Crippen LogP contribution in [0.2, 0.25) is 0 Å². The van der Waals surface area contributed by atoms with E-state index in [1.54, 1.807) is 0 Å². The molecule has 0 aromatic heterocycles. The second-order valence-corrected chi connectivity index (χ2v) is 22.4. The molecule has 1 atom stereocenters. The Morgan fingerprint density at radius 1 is 0.259 bits per heavy atom. The minimum absolute atomic E-state index is 0.0871. The molecule has 0 radical (unpaired) electrons. The summed E-state index contributed by atoms with van der Waals surface area (Å²) in [6.07, 6.45) is 94.9. The van der Waals surface area contributed by atoms with Gasteiger partial charge in [0.25, 0.3) is 0 Å². The van der Waals surface area contributed by atoms with Gasteiger partial charge in [0, 0.05) is 19.3 Å². The van der Waals surface area contributed by atoms with E-state index in [-0.39, 0.29) is 31.1 Å². The molecule has 0 aliphatic rings. The molecule has 0 heterocycles. The lowest BCUT2D eigenvalue weighted by Gasteiger charge is -2.18. The highest BCUT2D eigenvalue weighted by atomic mass is 16.6. The predicted molar refractivity (Wildman–Crippen MR) is 353 cm³/mol. The number of hydrogen-bond donors (Lipinski definition) is 0. The van der Waals surface area contributed by atoms with Crippen LogP contribution in [0.3, 0.4) is 0 Å². The van der Waals surface area contributed by atoms with Gasteiger partial charge in [-0.1, -0.05) is 303 Å². The summed E-state index contributed by atoms with van der Waals surface area (Å²) < 4.78 is 16.9. The van der Waals surface area contributed by atoms with E-state index >= 15 is 0 Å². The fourth-order valence-electron chi connectivity index (χ4n) is 9.37. The molecule has 0 N–H and O–H groups in total. The van der Waals surface area contributed by atoms with Gasteiger partial charge in [0.2, 0.25) is 0 Å². The molecule has 0 aromatic carbocycles. The number of allylic oxidation sites excluding steroid dienone is 20. The van der Waals surface area contributed by atoms with Crippen molar-refractivity contribution in [3.63, 3.8) is 0 Å². The van der Waals surface area contributed by atoms with Gasteiger partial charge >= 0.3 is 17.9 Å². The van der Waals surface area contributed by atoms with Crippen LogP contribution in [0.15, 0.2) is 122 Å². The third-order valence-corrected chi connectivity index (χ3v) is 14.5. The van der Waals surface area contributed by atoms with E-state index in [1.165, 1.54) is 148 Å². The Balaban J connectivity index is 4.40. The Bertz CT molecular complexity index is 1670. The average Bonchev–Trinajstić information content (AvgIpc) is 3.47. The molecular formula is C75H126O6. The Morgan fingerprint density at radius 2 is 0.481 bits per heavy atom. The molecule has 0 fully saturated rings. The molecule has 0 rings (SSSR count). The number of unbranched alkanes of at least 4 members (excludes halogenated alkanes) is 30. The first-order chi connectivity index (χ1) is 40.0. The van der Waals surface area contributed by atoms with Crippen LogP contribution in [0.1, 0.15) is 316 Å². The summed E-state index contributed by atoms with van der Waals surface area (Å²) >= 11 is 0. The molecule has 0 saturated carbocycles. The topological polar surface area (TPSA) is 78.9 Å². The van der Waals surface area contributed by atoms with Crippen molar-refractivity contribution in [2.45, 2.75) is 322 Å². The van der Waals surface area contributed by atoms with Gasteiger partial charge in [0.05, 0.1) is 0 Å².